The van der Waals surface area contributed by atoms with Crippen LogP contribution in [0.1, 0.15) is 5.56 Å². The number of halogens is 2. The van der Waals surface area contributed by atoms with Gasteiger partial charge in [0.05, 0.1) is 11.1 Å². The molecule has 0 unspecified atom stereocenters. The normalized spacial score (nSPS) is 10.6. The molecule has 0 amide bonds. The standard InChI is InChI=1S/C15H16BrClN2O2/c1-20-8-7-18-10-11-3-2-6-19-15(11)21-14-5-4-12(17)9-13(14)16/h2-6,9,18H,7-8,10H2,1H3. The van der Waals surface area contributed by atoms with Gasteiger partial charge in [-0.3, -0.25) is 0 Å². The van der Waals surface area contributed by atoms with E-state index >= 15 is 0 Å². The summed E-state index contributed by atoms with van der Waals surface area (Å²) in [4.78, 5) is 4.29. The van der Waals surface area contributed by atoms with Crippen LogP contribution in [0.25, 0.3) is 0 Å². The second-order valence-corrected chi connectivity index (χ2v) is 5.60. The number of rotatable bonds is 7. The van der Waals surface area contributed by atoms with E-state index in [1.165, 1.54) is 0 Å². The zero-order valence-corrected chi connectivity index (χ0v) is 13.9. The molecule has 0 aliphatic heterocycles. The summed E-state index contributed by atoms with van der Waals surface area (Å²) >= 11 is 9.36. The lowest BCUT2D eigenvalue weighted by molar-refractivity contribution is 0.199. The van der Waals surface area contributed by atoms with Crippen molar-refractivity contribution in [2.45, 2.75) is 6.54 Å². The number of aromatic nitrogens is 1. The van der Waals surface area contributed by atoms with Crippen LogP contribution in [0.3, 0.4) is 0 Å². The molecule has 2 rings (SSSR count). The van der Waals surface area contributed by atoms with Crippen molar-refractivity contribution >= 4 is 27.5 Å². The molecule has 1 N–H and O–H groups in total. The predicted molar refractivity (Wildman–Crippen MR) is 87.0 cm³/mol. The van der Waals surface area contributed by atoms with Gasteiger partial charge in [-0.15, -0.1) is 0 Å². The summed E-state index contributed by atoms with van der Waals surface area (Å²) in [7, 11) is 1.68. The Hall–Kier alpha value is -1.14. The Kier molecular flexibility index (Phi) is 6.45. The molecular weight excluding hydrogens is 356 g/mol. The third kappa shape index (κ3) is 4.97. The zero-order valence-electron chi connectivity index (χ0n) is 11.6. The Morgan fingerprint density at radius 1 is 1.33 bits per heavy atom. The summed E-state index contributed by atoms with van der Waals surface area (Å²) < 4.78 is 11.7. The lowest BCUT2D eigenvalue weighted by Crippen LogP contribution is -2.19. The first-order valence-corrected chi connectivity index (χ1v) is 7.64. The highest BCUT2D eigenvalue weighted by Crippen LogP contribution is 2.32. The maximum absolute atomic E-state index is 5.93. The van der Waals surface area contributed by atoms with Crippen LogP contribution in [0.2, 0.25) is 5.02 Å². The van der Waals surface area contributed by atoms with Gasteiger partial charge >= 0.3 is 0 Å². The van der Waals surface area contributed by atoms with Gasteiger partial charge in [0, 0.05) is 37.0 Å². The van der Waals surface area contributed by atoms with Crippen molar-refractivity contribution in [3.05, 3.63) is 51.6 Å². The minimum atomic E-state index is 0.574. The van der Waals surface area contributed by atoms with Gasteiger partial charge in [-0.05, 0) is 40.2 Å². The highest BCUT2D eigenvalue weighted by atomic mass is 79.9. The van der Waals surface area contributed by atoms with Crippen molar-refractivity contribution in [1.82, 2.24) is 10.3 Å². The van der Waals surface area contributed by atoms with Gasteiger partial charge in [0.1, 0.15) is 5.75 Å². The van der Waals surface area contributed by atoms with E-state index < -0.39 is 0 Å². The fraction of sp³-hybridized carbons (Fsp3) is 0.267. The molecule has 0 bridgehead atoms. The van der Waals surface area contributed by atoms with E-state index in [0.29, 0.717) is 29.8 Å². The van der Waals surface area contributed by atoms with Crippen molar-refractivity contribution in [3.8, 4) is 11.6 Å². The van der Waals surface area contributed by atoms with E-state index in [9.17, 15) is 0 Å². The zero-order chi connectivity index (χ0) is 15.1. The molecule has 0 fully saturated rings. The van der Waals surface area contributed by atoms with Crippen LogP contribution in [0, 0.1) is 0 Å². The van der Waals surface area contributed by atoms with Crippen molar-refractivity contribution in [2.75, 3.05) is 20.3 Å². The van der Waals surface area contributed by atoms with Gasteiger partial charge in [-0.25, -0.2) is 4.98 Å². The van der Waals surface area contributed by atoms with Crippen LogP contribution in [-0.2, 0) is 11.3 Å². The molecule has 2 aromatic rings. The number of ether oxygens (including phenoxy) is 2. The molecule has 0 aliphatic carbocycles. The molecule has 1 aromatic heterocycles. The van der Waals surface area contributed by atoms with Crippen molar-refractivity contribution < 1.29 is 9.47 Å². The molecule has 0 radical (unpaired) electrons. The number of benzene rings is 1. The van der Waals surface area contributed by atoms with Crippen LogP contribution in [0.15, 0.2) is 41.0 Å². The van der Waals surface area contributed by atoms with Gasteiger partial charge in [-0.2, -0.15) is 0 Å². The van der Waals surface area contributed by atoms with Crippen LogP contribution in [0.4, 0.5) is 0 Å². The maximum atomic E-state index is 5.93. The number of nitrogens with zero attached hydrogens (tertiary/aromatic N) is 1. The summed E-state index contributed by atoms with van der Waals surface area (Å²) in [6.07, 6.45) is 1.71. The number of pyridine rings is 1. The van der Waals surface area contributed by atoms with E-state index in [1.54, 1.807) is 25.4 Å². The van der Waals surface area contributed by atoms with Gasteiger partial charge in [0.15, 0.2) is 0 Å². The molecule has 0 atom stereocenters. The fourth-order valence-electron chi connectivity index (χ4n) is 1.71. The number of nitrogens with one attached hydrogen (secondary N) is 1. The third-order valence-electron chi connectivity index (χ3n) is 2.75. The first-order chi connectivity index (χ1) is 10.2. The topological polar surface area (TPSA) is 43.4 Å². The van der Waals surface area contributed by atoms with Gasteiger partial charge in [0.25, 0.3) is 0 Å². The van der Waals surface area contributed by atoms with E-state index in [1.807, 2.05) is 18.2 Å². The molecule has 4 nitrogen and oxygen atoms in total. The molecule has 0 saturated heterocycles. The Bertz CT molecular complexity index is 596. The van der Waals surface area contributed by atoms with Crippen LogP contribution >= 0.6 is 27.5 Å². The molecule has 6 heteroatoms. The molecule has 21 heavy (non-hydrogen) atoms. The Morgan fingerprint density at radius 2 is 2.19 bits per heavy atom. The average Bonchev–Trinajstić information content (AvgIpc) is 2.48. The molecule has 0 saturated carbocycles. The Morgan fingerprint density at radius 3 is 2.95 bits per heavy atom. The predicted octanol–water partition coefficient (Wildman–Crippen LogP) is 4.03. The summed E-state index contributed by atoms with van der Waals surface area (Å²) in [5.74, 6) is 1.25. The first-order valence-electron chi connectivity index (χ1n) is 6.47. The molecule has 1 heterocycles. The molecule has 0 aliphatic rings. The maximum Gasteiger partial charge on any atom is 0.223 e. The van der Waals surface area contributed by atoms with Crippen molar-refractivity contribution in [1.29, 1.82) is 0 Å². The third-order valence-corrected chi connectivity index (χ3v) is 3.60. The monoisotopic (exact) mass is 370 g/mol. The van der Waals surface area contributed by atoms with E-state index in [4.69, 9.17) is 21.1 Å². The van der Waals surface area contributed by atoms with E-state index in [2.05, 4.69) is 26.2 Å². The Labute approximate surface area is 137 Å². The largest absolute Gasteiger partial charge is 0.438 e. The second kappa shape index (κ2) is 8.34. The summed E-state index contributed by atoms with van der Waals surface area (Å²) in [5.41, 5.74) is 0.982. The van der Waals surface area contributed by atoms with E-state index in [0.717, 1.165) is 16.6 Å². The minimum Gasteiger partial charge on any atom is -0.438 e. The fourth-order valence-corrected chi connectivity index (χ4v) is 2.47. The average molecular weight is 372 g/mol. The van der Waals surface area contributed by atoms with Gasteiger partial charge in [-0.1, -0.05) is 17.7 Å². The summed E-state index contributed by atoms with van der Waals surface area (Å²) in [5, 5.41) is 3.92. The quantitative estimate of drug-likeness (QED) is 0.746. The minimum absolute atomic E-state index is 0.574. The molecular formula is C15H16BrClN2O2. The number of methoxy groups -OCH3 is 1. The number of hydrogen-bond donors (Lipinski definition) is 1. The van der Waals surface area contributed by atoms with E-state index in [-0.39, 0.29) is 0 Å². The molecule has 0 spiro atoms. The SMILES string of the molecule is COCCNCc1cccnc1Oc1ccc(Cl)cc1Br. The van der Waals surface area contributed by atoms with Crippen molar-refractivity contribution in [2.24, 2.45) is 0 Å². The summed E-state index contributed by atoms with van der Waals surface area (Å²) in [6, 6.07) is 9.24. The first kappa shape index (κ1) is 16.2. The van der Waals surface area contributed by atoms with Gasteiger partial charge in [0.2, 0.25) is 5.88 Å². The highest BCUT2D eigenvalue weighted by Gasteiger charge is 2.08. The van der Waals surface area contributed by atoms with Crippen molar-refractivity contribution in [3.63, 3.8) is 0 Å². The lowest BCUT2D eigenvalue weighted by Gasteiger charge is -2.11. The Balaban J connectivity index is 2.08. The highest BCUT2D eigenvalue weighted by molar-refractivity contribution is 9.10. The molecule has 1 aromatic carbocycles. The lowest BCUT2D eigenvalue weighted by atomic mass is 10.2. The second-order valence-electron chi connectivity index (χ2n) is 4.31. The van der Waals surface area contributed by atoms with Crippen LogP contribution in [0.5, 0.6) is 11.6 Å². The summed E-state index contributed by atoms with van der Waals surface area (Å²) in [6.45, 7) is 2.10. The van der Waals surface area contributed by atoms with Crippen LogP contribution < -0.4 is 10.1 Å². The van der Waals surface area contributed by atoms with Gasteiger partial charge < -0.3 is 14.8 Å². The smallest absolute Gasteiger partial charge is 0.223 e. The molecule has 112 valence electrons. The number of hydrogen-bond acceptors (Lipinski definition) is 4. The van der Waals surface area contributed by atoms with Crippen LogP contribution in [-0.4, -0.2) is 25.2 Å².